The molecule has 33 heavy (non-hydrogen) atoms. The first-order chi connectivity index (χ1) is 16.1. The first kappa shape index (κ1) is 22.8. The fourth-order valence-corrected chi connectivity index (χ4v) is 4.52. The van der Waals surface area contributed by atoms with Crippen molar-refractivity contribution in [3.63, 3.8) is 0 Å². The largest absolute Gasteiger partial charge is 0.494 e. The van der Waals surface area contributed by atoms with Crippen LogP contribution < -0.4 is 19.0 Å². The SMILES string of the molecule is CCCCCOc1ccc(C(=O)N=c2sc3cc4c(cc3n2CCC(=O)OC)OCO4)cc1. The number of carbonyl (C=O) groups excluding carboxylic acids is 2. The molecule has 0 saturated heterocycles. The third kappa shape index (κ3) is 5.36. The van der Waals surface area contributed by atoms with Crippen molar-refractivity contribution in [3.05, 3.63) is 46.8 Å². The van der Waals surface area contributed by atoms with Gasteiger partial charge in [-0.3, -0.25) is 9.59 Å². The van der Waals surface area contributed by atoms with Gasteiger partial charge in [0.2, 0.25) is 6.79 Å². The zero-order valence-electron chi connectivity index (χ0n) is 18.7. The normalized spacial score (nSPS) is 12.8. The number of hydrogen-bond donors (Lipinski definition) is 0. The predicted octanol–water partition coefficient (Wildman–Crippen LogP) is 4.30. The van der Waals surface area contributed by atoms with E-state index in [2.05, 4.69) is 11.9 Å². The number of fused-ring (bicyclic) bond motifs is 2. The van der Waals surface area contributed by atoms with Gasteiger partial charge in [-0.05, 0) is 30.7 Å². The average molecular weight is 471 g/mol. The Morgan fingerprint density at radius 2 is 1.88 bits per heavy atom. The highest BCUT2D eigenvalue weighted by molar-refractivity contribution is 7.16. The topological polar surface area (TPSA) is 88.4 Å². The van der Waals surface area contributed by atoms with Gasteiger partial charge >= 0.3 is 5.97 Å². The number of methoxy groups -OCH3 is 1. The van der Waals surface area contributed by atoms with Crippen molar-refractivity contribution in [2.75, 3.05) is 20.5 Å². The lowest BCUT2D eigenvalue weighted by molar-refractivity contribution is -0.140. The molecule has 1 aliphatic rings. The molecular weight excluding hydrogens is 444 g/mol. The number of ether oxygens (including phenoxy) is 4. The second kappa shape index (κ2) is 10.5. The molecule has 9 heteroatoms. The molecule has 0 bridgehead atoms. The van der Waals surface area contributed by atoms with Gasteiger partial charge in [0, 0.05) is 24.2 Å². The summed E-state index contributed by atoms with van der Waals surface area (Å²) in [6.07, 6.45) is 3.42. The fraction of sp³-hybridized carbons (Fsp3) is 0.375. The number of aromatic nitrogens is 1. The molecule has 4 rings (SSSR count). The Bertz CT molecular complexity index is 1210. The molecular formula is C24H26N2O6S. The summed E-state index contributed by atoms with van der Waals surface area (Å²) >= 11 is 1.35. The maximum atomic E-state index is 12.9. The summed E-state index contributed by atoms with van der Waals surface area (Å²) in [5.74, 6) is 1.29. The molecule has 0 atom stereocenters. The van der Waals surface area contributed by atoms with E-state index >= 15 is 0 Å². The molecule has 0 fully saturated rings. The predicted molar refractivity (Wildman–Crippen MR) is 124 cm³/mol. The van der Waals surface area contributed by atoms with Crippen molar-refractivity contribution >= 4 is 33.4 Å². The molecule has 2 heterocycles. The fourth-order valence-electron chi connectivity index (χ4n) is 3.45. The van der Waals surface area contributed by atoms with Crippen LogP contribution in [0.25, 0.3) is 10.2 Å². The van der Waals surface area contributed by atoms with Gasteiger partial charge < -0.3 is 23.5 Å². The van der Waals surface area contributed by atoms with E-state index in [4.69, 9.17) is 18.9 Å². The van der Waals surface area contributed by atoms with Gasteiger partial charge in [-0.25, -0.2) is 0 Å². The van der Waals surface area contributed by atoms with Gasteiger partial charge in [-0.2, -0.15) is 4.99 Å². The van der Waals surface area contributed by atoms with Gasteiger partial charge in [0.25, 0.3) is 5.91 Å². The molecule has 0 spiro atoms. The van der Waals surface area contributed by atoms with E-state index in [1.807, 2.05) is 16.7 Å². The van der Waals surface area contributed by atoms with Crippen LogP contribution >= 0.6 is 11.3 Å². The molecule has 2 aromatic carbocycles. The van der Waals surface area contributed by atoms with Crippen LogP contribution in [0.1, 0.15) is 43.0 Å². The van der Waals surface area contributed by atoms with Crippen LogP contribution in [-0.4, -0.2) is 37.0 Å². The number of aryl methyl sites for hydroxylation is 1. The molecule has 0 saturated carbocycles. The molecule has 1 aromatic heterocycles. The monoisotopic (exact) mass is 470 g/mol. The summed E-state index contributed by atoms with van der Waals surface area (Å²) in [6.45, 7) is 3.30. The molecule has 8 nitrogen and oxygen atoms in total. The molecule has 1 amide bonds. The maximum absolute atomic E-state index is 12.9. The van der Waals surface area contributed by atoms with E-state index in [0.29, 0.717) is 35.0 Å². The van der Waals surface area contributed by atoms with Crippen LogP contribution in [-0.2, 0) is 16.1 Å². The minimum absolute atomic E-state index is 0.155. The number of nitrogens with zero attached hydrogens (tertiary/aromatic N) is 2. The lowest BCUT2D eigenvalue weighted by atomic mass is 10.2. The van der Waals surface area contributed by atoms with E-state index in [1.54, 1.807) is 24.3 Å². The van der Waals surface area contributed by atoms with Crippen molar-refractivity contribution in [1.29, 1.82) is 0 Å². The Hall–Kier alpha value is -3.33. The van der Waals surface area contributed by atoms with Crippen molar-refractivity contribution < 1.29 is 28.5 Å². The summed E-state index contributed by atoms with van der Waals surface area (Å²) in [6, 6.07) is 10.7. The molecule has 174 valence electrons. The lowest BCUT2D eigenvalue weighted by Crippen LogP contribution is -2.19. The molecule has 3 aromatic rings. The molecule has 0 aliphatic carbocycles. The van der Waals surface area contributed by atoms with Crippen LogP contribution in [0.2, 0.25) is 0 Å². The molecule has 0 N–H and O–H groups in total. The van der Waals surface area contributed by atoms with E-state index in [0.717, 1.165) is 35.2 Å². The van der Waals surface area contributed by atoms with E-state index in [-0.39, 0.29) is 25.1 Å². The van der Waals surface area contributed by atoms with Crippen LogP contribution in [0.15, 0.2) is 41.4 Å². The first-order valence-corrected chi connectivity index (χ1v) is 11.7. The zero-order valence-corrected chi connectivity index (χ0v) is 19.5. The summed E-state index contributed by atoms with van der Waals surface area (Å²) in [4.78, 5) is 29.5. The van der Waals surface area contributed by atoms with Crippen molar-refractivity contribution in [2.45, 2.75) is 39.2 Å². The third-order valence-electron chi connectivity index (χ3n) is 5.26. The number of esters is 1. The Morgan fingerprint density at radius 1 is 1.12 bits per heavy atom. The van der Waals surface area contributed by atoms with Crippen LogP contribution in [0.5, 0.6) is 17.2 Å². The Morgan fingerprint density at radius 3 is 2.61 bits per heavy atom. The van der Waals surface area contributed by atoms with Crippen molar-refractivity contribution in [1.82, 2.24) is 4.57 Å². The standard InChI is InChI=1S/C24H26N2O6S/c1-3-4-5-12-30-17-8-6-16(7-9-17)23(28)25-24-26(11-10-22(27)29-2)18-13-19-20(32-15-31-19)14-21(18)33-24/h6-9,13-14H,3-5,10-12,15H2,1-2H3. The number of rotatable bonds is 9. The summed E-state index contributed by atoms with van der Waals surface area (Å²) in [7, 11) is 1.35. The Labute approximate surface area is 195 Å². The quantitative estimate of drug-likeness (QED) is 0.342. The Kier molecular flexibility index (Phi) is 7.29. The highest BCUT2D eigenvalue weighted by atomic mass is 32.1. The van der Waals surface area contributed by atoms with E-state index in [1.165, 1.54) is 18.4 Å². The highest BCUT2D eigenvalue weighted by Gasteiger charge is 2.18. The number of unbranched alkanes of at least 4 members (excludes halogenated alkanes) is 2. The molecule has 1 aliphatic heterocycles. The van der Waals surface area contributed by atoms with Gasteiger partial charge in [0.05, 0.1) is 30.4 Å². The number of amides is 1. The van der Waals surface area contributed by atoms with Gasteiger partial charge in [0.1, 0.15) is 5.75 Å². The lowest BCUT2D eigenvalue weighted by Gasteiger charge is -2.06. The van der Waals surface area contributed by atoms with Gasteiger partial charge in [-0.1, -0.05) is 31.1 Å². The maximum Gasteiger partial charge on any atom is 0.307 e. The summed E-state index contributed by atoms with van der Waals surface area (Å²) in [5.41, 5.74) is 1.28. The number of benzene rings is 2. The van der Waals surface area contributed by atoms with Crippen LogP contribution in [0.3, 0.4) is 0 Å². The number of carbonyl (C=O) groups is 2. The summed E-state index contributed by atoms with van der Waals surface area (Å²) in [5, 5.41) is 0. The van der Waals surface area contributed by atoms with E-state index < -0.39 is 0 Å². The zero-order chi connectivity index (χ0) is 23.2. The smallest absolute Gasteiger partial charge is 0.307 e. The van der Waals surface area contributed by atoms with Crippen molar-refractivity contribution in [2.24, 2.45) is 4.99 Å². The van der Waals surface area contributed by atoms with E-state index in [9.17, 15) is 9.59 Å². The first-order valence-electron chi connectivity index (χ1n) is 10.9. The minimum atomic E-state index is -0.369. The molecule has 0 unspecified atom stereocenters. The number of thiazole rings is 1. The van der Waals surface area contributed by atoms with Crippen LogP contribution in [0.4, 0.5) is 0 Å². The molecule has 0 radical (unpaired) electrons. The van der Waals surface area contributed by atoms with Gasteiger partial charge in [-0.15, -0.1) is 0 Å². The Balaban J connectivity index is 1.61. The highest BCUT2D eigenvalue weighted by Crippen LogP contribution is 2.37. The number of hydrogen-bond acceptors (Lipinski definition) is 7. The van der Waals surface area contributed by atoms with Crippen molar-refractivity contribution in [3.8, 4) is 17.2 Å². The third-order valence-corrected chi connectivity index (χ3v) is 6.30. The summed E-state index contributed by atoms with van der Waals surface area (Å²) < 4.78 is 24.2. The minimum Gasteiger partial charge on any atom is -0.494 e. The second-order valence-corrected chi connectivity index (χ2v) is 8.54. The second-order valence-electron chi connectivity index (χ2n) is 7.53. The van der Waals surface area contributed by atoms with Crippen LogP contribution in [0, 0.1) is 0 Å². The average Bonchev–Trinajstić information content (AvgIpc) is 3.42. The van der Waals surface area contributed by atoms with Gasteiger partial charge in [0.15, 0.2) is 16.3 Å².